The number of nitrogens with zero attached hydrogens (tertiary/aromatic N) is 3. The van der Waals surface area contributed by atoms with Crippen molar-refractivity contribution in [2.75, 3.05) is 5.75 Å². The summed E-state index contributed by atoms with van der Waals surface area (Å²) in [5.74, 6) is 1.54. The van der Waals surface area contributed by atoms with Gasteiger partial charge in [-0.3, -0.25) is 9.36 Å². The molecule has 6 nitrogen and oxygen atoms in total. The van der Waals surface area contributed by atoms with Gasteiger partial charge in [-0.15, -0.1) is 10.2 Å². The van der Waals surface area contributed by atoms with Crippen LogP contribution in [0.3, 0.4) is 0 Å². The van der Waals surface area contributed by atoms with Gasteiger partial charge in [-0.2, -0.15) is 0 Å². The molecule has 0 radical (unpaired) electrons. The molecule has 0 bridgehead atoms. The molecule has 0 spiro atoms. The van der Waals surface area contributed by atoms with Crippen LogP contribution < -0.4 is 4.74 Å². The molecule has 7 heteroatoms. The van der Waals surface area contributed by atoms with Crippen molar-refractivity contribution in [3.8, 4) is 22.6 Å². The van der Waals surface area contributed by atoms with Crippen LogP contribution >= 0.6 is 11.8 Å². The van der Waals surface area contributed by atoms with Crippen molar-refractivity contribution < 1.29 is 14.6 Å². The van der Waals surface area contributed by atoms with Crippen molar-refractivity contribution in [2.24, 2.45) is 0 Å². The fourth-order valence-corrected chi connectivity index (χ4v) is 4.68. The zero-order chi connectivity index (χ0) is 23.8. The maximum absolute atomic E-state index is 10.7. The second-order valence-corrected chi connectivity index (χ2v) is 8.91. The summed E-state index contributed by atoms with van der Waals surface area (Å²) in [7, 11) is 0. The normalized spacial score (nSPS) is 10.9. The first-order valence-electron chi connectivity index (χ1n) is 11.3. The van der Waals surface area contributed by atoms with Crippen LogP contribution in [-0.2, 0) is 11.4 Å². The van der Waals surface area contributed by atoms with Crippen LogP contribution in [0.5, 0.6) is 5.75 Å². The minimum atomic E-state index is -0.761. The molecule has 0 saturated carbocycles. The Morgan fingerprint density at radius 2 is 1.68 bits per heavy atom. The Labute approximate surface area is 203 Å². The highest BCUT2D eigenvalue weighted by atomic mass is 32.2. The maximum atomic E-state index is 10.7. The molecule has 0 unspecified atom stereocenters. The third-order valence-electron chi connectivity index (χ3n) is 5.46. The van der Waals surface area contributed by atoms with Crippen molar-refractivity contribution >= 4 is 17.7 Å². The van der Waals surface area contributed by atoms with E-state index in [1.807, 2.05) is 65.2 Å². The molecule has 1 aromatic heterocycles. The van der Waals surface area contributed by atoms with Crippen LogP contribution in [0.2, 0.25) is 0 Å². The second kappa shape index (κ2) is 11.5. The van der Waals surface area contributed by atoms with E-state index in [0.29, 0.717) is 12.2 Å². The van der Waals surface area contributed by atoms with Gasteiger partial charge in [0.15, 0.2) is 11.0 Å². The van der Waals surface area contributed by atoms with E-state index in [4.69, 9.17) is 9.84 Å². The van der Waals surface area contributed by atoms with Crippen molar-refractivity contribution in [3.63, 3.8) is 0 Å². The van der Waals surface area contributed by atoms with Crippen LogP contribution in [0.15, 0.2) is 84.0 Å². The Morgan fingerprint density at radius 1 is 0.941 bits per heavy atom. The first-order chi connectivity index (χ1) is 16.6. The lowest BCUT2D eigenvalue weighted by Gasteiger charge is -2.14. The monoisotopic (exact) mass is 473 g/mol. The summed E-state index contributed by atoms with van der Waals surface area (Å²) in [6.45, 7) is 2.35. The van der Waals surface area contributed by atoms with Crippen LogP contribution in [0, 0.1) is 6.92 Å². The van der Waals surface area contributed by atoms with Gasteiger partial charge in [-0.25, -0.2) is 0 Å². The van der Waals surface area contributed by atoms with Crippen LogP contribution in [-0.4, -0.2) is 31.6 Å². The summed E-state index contributed by atoms with van der Waals surface area (Å²) in [5.41, 5.74) is 4.33. The minimum Gasteiger partial charge on any atom is -0.485 e. The standard InChI is InChI=1S/C27H27N3O3S/c1-20-23(21-11-4-2-5-12-21)15-10-16-24(20)33-19-25-28-29-27(34-18-9-8-17-26(31)32)30(25)22-13-6-3-7-14-22/h2-7,10-16H,8-9,17-19H2,1H3,(H,31,32). The van der Waals surface area contributed by atoms with Crippen molar-refractivity contribution in [2.45, 2.75) is 37.9 Å². The number of hydrogen-bond acceptors (Lipinski definition) is 5. The van der Waals surface area contributed by atoms with Gasteiger partial charge in [0, 0.05) is 17.9 Å². The van der Waals surface area contributed by atoms with Crippen LogP contribution in [0.1, 0.15) is 30.7 Å². The lowest BCUT2D eigenvalue weighted by atomic mass is 10.00. The number of carboxylic acid groups (broad SMARTS) is 1. The number of benzene rings is 3. The summed E-state index contributed by atoms with van der Waals surface area (Å²) in [6, 6.07) is 26.3. The van der Waals surface area contributed by atoms with E-state index in [0.717, 1.165) is 45.5 Å². The number of carboxylic acids is 1. The first-order valence-corrected chi connectivity index (χ1v) is 12.2. The molecule has 3 aromatic carbocycles. The van der Waals surface area contributed by atoms with E-state index in [2.05, 4.69) is 35.3 Å². The Balaban J connectivity index is 1.52. The minimum absolute atomic E-state index is 0.187. The molecule has 1 N–H and O–H groups in total. The van der Waals surface area contributed by atoms with Gasteiger partial charge in [-0.05, 0) is 54.7 Å². The lowest BCUT2D eigenvalue weighted by Crippen LogP contribution is -2.07. The molecule has 174 valence electrons. The third kappa shape index (κ3) is 5.85. The van der Waals surface area contributed by atoms with Gasteiger partial charge >= 0.3 is 5.97 Å². The average Bonchev–Trinajstić information content (AvgIpc) is 3.26. The van der Waals surface area contributed by atoms with Gasteiger partial charge < -0.3 is 9.84 Å². The number of hydrogen-bond donors (Lipinski definition) is 1. The molecule has 0 saturated heterocycles. The summed E-state index contributed by atoms with van der Waals surface area (Å²) in [4.78, 5) is 10.7. The summed E-state index contributed by atoms with van der Waals surface area (Å²) in [5, 5.41) is 18.4. The molecule has 4 rings (SSSR count). The summed E-state index contributed by atoms with van der Waals surface area (Å²) < 4.78 is 8.24. The highest BCUT2D eigenvalue weighted by Gasteiger charge is 2.16. The molecule has 4 aromatic rings. The van der Waals surface area contributed by atoms with Gasteiger partial charge in [0.2, 0.25) is 0 Å². The van der Waals surface area contributed by atoms with Gasteiger partial charge in [-0.1, -0.05) is 72.4 Å². The molecule has 34 heavy (non-hydrogen) atoms. The number of carbonyl (C=O) groups is 1. The Hall–Kier alpha value is -3.58. The Bertz CT molecular complexity index is 1230. The van der Waals surface area contributed by atoms with E-state index < -0.39 is 5.97 Å². The number of aliphatic carboxylic acids is 1. The largest absolute Gasteiger partial charge is 0.485 e. The van der Waals surface area contributed by atoms with E-state index in [1.54, 1.807) is 11.8 Å². The number of rotatable bonds is 11. The quantitative estimate of drug-likeness (QED) is 0.207. The maximum Gasteiger partial charge on any atom is 0.303 e. The highest BCUT2D eigenvalue weighted by molar-refractivity contribution is 7.99. The predicted molar refractivity (Wildman–Crippen MR) is 135 cm³/mol. The van der Waals surface area contributed by atoms with E-state index in [1.165, 1.54) is 0 Å². The number of para-hydroxylation sites is 1. The number of aromatic nitrogens is 3. The average molecular weight is 474 g/mol. The van der Waals surface area contributed by atoms with E-state index in [9.17, 15) is 4.79 Å². The smallest absolute Gasteiger partial charge is 0.303 e. The lowest BCUT2D eigenvalue weighted by molar-refractivity contribution is -0.137. The highest BCUT2D eigenvalue weighted by Crippen LogP contribution is 2.31. The van der Waals surface area contributed by atoms with Crippen molar-refractivity contribution in [1.29, 1.82) is 0 Å². The zero-order valence-corrected chi connectivity index (χ0v) is 19.9. The van der Waals surface area contributed by atoms with E-state index >= 15 is 0 Å². The molecule has 0 aliphatic rings. The SMILES string of the molecule is Cc1c(OCc2nnc(SCCCCC(=O)O)n2-c2ccccc2)cccc1-c1ccccc1. The van der Waals surface area contributed by atoms with Crippen LogP contribution in [0.4, 0.5) is 0 Å². The van der Waals surface area contributed by atoms with E-state index in [-0.39, 0.29) is 13.0 Å². The van der Waals surface area contributed by atoms with Crippen molar-refractivity contribution in [3.05, 3.63) is 90.3 Å². The Morgan fingerprint density at radius 3 is 2.41 bits per heavy atom. The fraction of sp³-hybridized carbons (Fsp3) is 0.222. The number of thioether (sulfide) groups is 1. The summed E-state index contributed by atoms with van der Waals surface area (Å²) in [6.07, 6.45) is 1.64. The summed E-state index contributed by atoms with van der Waals surface area (Å²) >= 11 is 1.58. The van der Waals surface area contributed by atoms with Gasteiger partial charge in [0.25, 0.3) is 0 Å². The Kier molecular flexibility index (Phi) is 7.99. The van der Waals surface area contributed by atoms with Crippen LogP contribution in [0.25, 0.3) is 16.8 Å². The molecule has 0 fully saturated rings. The molecule has 1 heterocycles. The first kappa shape index (κ1) is 23.6. The predicted octanol–water partition coefficient (Wildman–Crippen LogP) is 6.17. The number of ether oxygens (including phenoxy) is 1. The molecule has 0 aliphatic carbocycles. The molecule has 0 amide bonds. The molecular weight excluding hydrogens is 446 g/mol. The van der Waals surface area contributed by atoms with Gasteiger partial charge in [0.05, 0.1) is 0 Å². The second-order valence-electron chi connectivity index (χ2n) is 7.85. The molecule has 0 atom stereocenters. The van der Waals surface area contributed by atoms with Gasteiger partial charge in [0.1, 0.15) is 12.4 Å². The van der Waals surface area contributed by atoms with Crippen molar-refractivity contribution in [1.82, 2.24) is 14.8 Å². The molecule has 0 aliphatic heterocycles. The zero-order valence-electron chi connectivity index (χ0n) is 19.1. The number of unbranched alkanes of at least 4 members (excludes halogenated alkanes) is 1. The molecular formula is C27H27N3O3S. The fourth-order valence-electron chi connectivity index (χ4n) is 3.71. The topological polar surface area (TPSA) is 77.2 Å². The third-order valence-corrected chi connectivity index (χ3v) is 6.47.